The highest BCUT2D eigenvalue weighted by molar-refractivity contribution is 7.92. The van der Waals surface area contributed by atoms with E-state index in [2.05, 4.69) is 44.5 Å². The first kappa shape index (κ1) is 22.8. The van der Waals surface area contributed by atoms with E-state index in [9.17, 15) is 13.7 Å². The van der Waals surface area contributed by atoms with Crippen LogP contribution in [0.25, 0.3) is 22.0 Å². The van der Waals surface area contributed by atoms with Crippen LogP contribution in [0.5, 0.6) is 5.88 Å². The summed E-state index contributed by atoms with van der Waals surface area (Å²) >= 11 is 0. The number of anilines is 2. The number of likely N-dealkylation sites (N-methyl/N-ethyl adjacent to an activating group) is 1. The van der Waals surface area contributed by atoms with E-state index >= 15 is 0 Å². The Morgan fingerprint density at radius 1 is 1.18 bits per heavy atom. The molecule has 10 heteroatoms. The minimum absolute atomic E-state index is 0.186. The third kappa shape index (κ3) is 4.69. The molecule has 3 aromatic rings. The molecule has 0 aliphatic carbocycles. The average molecular weight is 467 g/mol. The summed E-state index contributed by atoms with van der Waals surface area (Å²) in [4.78, 5) is 13.3. The van der Waals surface area contributed by atoms with Crippen LogP contribution in [0.3, 0.4) is 0 Å². The summed E-state index contributed by atoms with van der Waals surface area (Å²) < 4.78 is 31.2. The van der Waals surface area contributed by atoms with E-state index in [1.807, 2.05) is 18.2 Å². The highest BCUT2D eigenvalue weighted by Gasteiger charge is 2.26. The molecular formula is C23H26N6O3S. The van der Waals surface area contributed by atoms with Gasteiger partial charge in [-0.3, -0.25) is 9.71 Å². The van der Waals surface area contributed by atoms with Gasteiger partial charge in [-0.05, 0) is 37.7 Å². The van der Waals surface area contributed by atoms with Crippen molar-refractivity contribution in [3.05, 3.63) is 42.2 Å². The number of hydrogen-bond acceptors (Lipinski definition) is 8. The van der Waals surface area contributed by atoms with E-state index in [0.29, 0.717) is 11.1 Å². The van der Waals surface area contributed by atoms with Crippen LogP contribution in [-0.2, 0) is 10.0 Å². The molecule has 0 radical (unpaired) electrons. The van der Waals surface area contributed by atoms with Crippen LogP contribution in [0.15, 0.2) is 36.7 Å². The topological polar surface area (TPSA) is 111 Å². The van der Waals surface area contributed by atoms with Gasteiger partial charge in [-0.1, -0.05) is 6.07 Å². The quantitative estimate of drug-likeness (QED) is 0.611. The summed E-state index contributed by atoms with van der Waals surface area (Å²) in [7, 11) is 0.0214. The highest BCUT2D eigenvalue weighted by atomic mass is 32.2. The maximum Gasteiger partial charge on any atom is 0.238 e. The number of sulfonamides is 1. The molecule has 1 aromatic carbocycles. The largest absolute Gasteiger partial charge is 0.480 e. The number of aromatic nitrogens is 2. The summed E-state index contributed by atoms with van der Waals surface area (Å²) in [6.45, 7) is 4.77. The number of ether oxygens (including phenoxy) is 1. The van der Waals surface area contributed by atoms with Crippen LogP contribution < -0.4 is 14.4 Å². The van der Waals surface area contributed by atoms with Crippen LogP contribution in [0.2, 0.25) is 0 Å². The van der Waals surface area contributed by atoms with Crippen LogP contribution in [-0.4, -0.2) is 69.4 Å². The van der Waals surface area contributed by atoms with Crippen LogP contribution in [0.4, 0.5) is 11.4 Å². The zero-order valence-corrected chi connectivity index (χ0v) is 19.8. The van der Waals surface area contributed by atoms with Crippen molar-refractivity contribution in [2.75, 3.05) is 49.7 Å². The lowest BCUT2D eigenvalue weighted by Gasteiger charge is -2.40. The predicted molar refractivity (Wildman–Crippen MR) is 129 cm³/mol. The first-order valence-electron chi connectivity index (χ1n) is 10.5. The lowest BCUT2D eigenvalue weighted by molar-refractivity contribution is 0.276. The van der Waals surface area contributed by atoms with E-state index in [-0.39, 0.29) is 17.6 Å². The number of benzene rings is 1. The molecule has 1 aliphatic rings. The van der Waals surface area contributed by atoms with Crippen molar-refractivity contribution in [1.29, 1.82) is 5.26 Å². The zero-order valence-electron chi connectivity index (χ0n) is 19.0. The molecule has 0 amide bonds. The zero-order chi connectivity index (χ0) is 23.8. The van der Waals surface area contributed by atoms with E-state index in [1.54, 1.807) is 18.5 Å². The van der Waals surface area contributed by atoms with Gasteiger partial charge in [-0.15, -0.1) is 0 Å². The third-order valence-corrected chi connectivity index (χ3v) is 6.34. The Labute approximate surface area is 193 Å². The molecule has 4 rings (SSSR count). The Hall–Kier alpha value is -3.42. The summed E-state index contributed by atoms with van der Waals surface area (Å²) in [6, 6.07) is 10.0. The summed E-state index contributed by atoms with van der Waals surface area (Å²) in [5.74, 6) is 0.186. The second-order valence-electron chi connectivity index (χ2n) is 8.32. The number of rotatable bonds is 5. The number of piperazine rings is 1. The molecule has 1 aliphatic heterocycles. The van der Waals surface area contributed by atoms with Gasteiger partial charge in [0.15, 0.2) is 0 Å². The van der Waals surface area contributed by atoms with Gasteiger partial charge < -0.3 is 14.5 Å². The van der Waals surface area contributed by atoms with Crippen molar-refractivity contribution >= 4 is 32.3 Å². The minimum atomic E-state index is -3.51. The highest BCUT2D eigenvalue weighted by Crippen LogP contribution is 2.36. The smallest absolute Gasteiger partial charge is 0.238 e. The first-order chi connectivity index (χ1) is 15.7. The number of hydrogen-bond donors (Lipinski definition) is 1. The Kier molecular flexibility index (Phi) is 6.10. The number of nitrogens with one attached hydrogen (secondary N) is 1. The van der Waals surface area contributed by atoms with Crippen LogP contribution in [0, 0.1) is 11.3 Å². The van der Waals surface area contributed by atoms with Gasteiger partial charge >= 0.3 is 0 Å². The molecule has 9 nitrogen and oxygen atoms in total. The lowest BCUT2D eigenvalue weighted by atomic mass is 10.0. The third-order valence-electron chi connectivity index (χ3n) is 5.75. The number of nitriles is 1. The Morgan fingerprint density at radius 2 is 1.97 bits per heavy atom. The van der Waals surface area contributed by atoms with E-state index < -0.39 is 10.0 Å². The number of pyridine rings is 2. The molecule has 1 atom stereocenters. The maximum absolute atomic E-state index is 11.8. The lowest BCUT2D eigenvalue weighted by Crippen LogP contribution is -2.50. The van der Waals surface area contributed by atoms with Crippen molar-refractivity contribution < 1.29 is 13.2 Å². The molecule has 1 N–H and O–H groups in total. The SMILES string of the molecule is COc1ncc(-c2ccc3ncc(C#N)c(N4CCN(C)C[C@H]4C)c3c2)cc1NS(C)(=O)=O. The number of fused-ring (bicyclic) bond motifs is 1. The van der Waals surface area contributed by atoms with Crippen molar-refractivity contribution in [3.8, 4) is 23.1 Å². The average Bonchev–Trinajstić information content (AvgIpc) is 2.77. The summed E-state index contributed by atoms with van der Waals surface area (Å²) in [5.41, 5.74) is 3.99. The molecule has 3 heterocycles. The van der Waals surface area contributed by atoms with E-state index in [1.165, 1.54) is 7.11 Å². The standard InChI is InChI=1S/C23H26N6O3S/c1-15-14-28(2)7-8-29(15)22-18(11-24)13-25-20-6-5-16(9-19(20)22)17-10-21(27-33(4,30)31)23(32-3)26-12-17/h5-6,9-10,12-13,15,27H,7-8,14H2,1-4H3/t15-/m1/s1. The Balaban J connectivity index is 1.86. The maximum atomic E-state index is 11.8. The molecule has 0 bridgehead atoms. The van der Waals surface area contributed by atoms with Crippen LogP contribution in [0.1, 0.15) is 12.5 Å². The van der Waals surface area contributed by atoms with Gasteiger partial charge in [0, 0.05) is 49.0 Å². The van der Waals surface area contributed by atoms with E-state index in [4.69, 9.17) is 4.74 Å². The summed E-state index contributed by atoms with van der Waals surface area (Å²) in [5, 5.41) is 10.7. The Bertz CT molecular complexity index is 1350. The number of methoxy groups -OCH3 is 1. The van der Waals surface area contributed by atoms with Gasteiger partial charge in [0.05, 0.1) is 30.1 Å². The van der Waals surface area contributed by atoms with Crippen molar-refractivity contribution in [2.24, 2.45) is 0 Å². The fourth-order valence-electron chi connectivity index (χ4n) is 4.27. The second kappa shape index (κ2) is 8.84. The van der Waals surface area contributed by atoms with Gasteiger partial charge in [0.1, 0.15) is 11.8 Å². The summed E-state index contributed by atoms with van der Waals surface area (Å²) in [6.07, 6.45) is 4.34. The van der Waals surface area contributed by atoms with Gasteiger partial charge in [0.25, 0.3) is 0 Å². The first-order valence-corrected chi connectivity index (χ1v) is 12.4. The van der Waals surface area contributed by atoms with Crippen LogP contribution >= 0.6 is 0 Å². The molecular weight excluding hydrogens is 440 g/mol. The van der Waals surface area contributed by atoms with E-state index in [0.717, 1.165) is 48.0 Å². The Morgan fingerprint density at radius 3 is 2.64 bits per heavy atom. The van der Waals surface area contributed by atoms with Gasteiger partial charge in [-0.25, -0.2) is 13.4 Å². The molecule has 33 heavy (non-hydrogen) atoms. The molecule has 0 saturated carbocycles. The predicted octanol–water partition coefficient (Wildman–Crippen LogP) is 2.69. The second-order valence-corrected chi connectivity index (χ2v) is 10.1. The molecule has 0 unspecified atom stereocenters. The van der Waals surface area contributed by atoms with Gasteiger partial charge in [0.2, 0.25) is 15.9 Å². The molecule has 172 valence electrons. The molecule has 2 aromatic heterocycles. The van der Waals surface area contributed by atoms with Gasteiger partial charge in [-0.2, -0.15) is 5.26 Å². The van der Waals surface area contributed by atoms with Crippen molar-refractivity contribution in [2.45, 2.75) is 13.0 Å². The number of nitrogens with zero attached hydrogens (tertiary/aromatic N) is 5. The normalized spacial score (nSPS) is 17.1. The molecule has 1 saturated heterocycles. The molecule has 1 fully saturated rings. The monoisotopic (exact) mass is 466 g/mol. The fourth-order valence-corrected chi connectivity index (χ4v) is 4.81. The van der Waals surface area contributed by atoms with Crippen molar-refractivity contribution in [3.63, 3.8) is 0 Å². The fraction of sp³-hybridized carbons (Fsp3) is 0.348. The van der Waals surface area contributed by atoms with Crippen molar-refractivity contribution in [1.82, 2.24) is 14.9 Å². The minimum Gasteiger partial charge on any atom is -0.480 e. The molecule has 0 spiro atoms.